The minimum Gasteiger partial charge on any atom is -0.411 e. The lowest BCUT2D eigenvalue weighted by atomic mass is 9.84. The molecule has 0 bridgehead atoms. The Balaban J connectivity index is 2.45. The van der Waals surface area contributed by atoms with E-state index in [0.29, 0.717) is 5.92 Å². The normalized spacial score (nSPS) is 29.2. The average Bonchev–Trinajstić information content (AvgIpc) is 2.06. The lowest BCUT2D eigenvalue weighted by Gasteiger charge is -2.21. The van der Waals surface area contributed by atoms with Crippen LogP contribution < -0.4 is 0 Å². The van der Waals surface area contributed by atoms with E-state index >= 15 is 0 Å². The van der Waals surface area contributed by atoms with Crippen molar-refractivity contribution in [2.45, 2.75) is 45.4 Å². The van der Waals surface area contributed by atoms with Crippen molar-refractivity contribution in [3.8, 4) is 0 Å². The average molecular weight is 155 g/mol. The van der Waals surface area contributed by atoms with Crippen LogP contribution in [0.4, 0.5) is 0 Å². The van der Waals surface area contributed by atoms with Crippen molar-refractivity contribution in [1.29, 1.82) is 0 Å². The van der Waals surface area contributed by atoms with Gasteiger partial charge in [0.15, 0.2) is 0 Å². The van der Waals surface area contributed by atoms with Crippen LogP contribution in [0.5, 0.6) is 0 Å². The molecule has 0 aliphatic heterocycles. The molecule has 1 fully saturated rings. The Hall–Kier alpha value is -0.530. The smallest absolute Gasteiger partial charge is 0.0601 e. The molecule has 0 radical (unpaired) electrons. The van der Waals surface area contributed by atoms with Gasteiger partial charge in [-0.15, -0.1) is 0 Å². The van der Waals surface area contributed by atoms with Crippen LogP contribution in [-0.4, -0.2) is 10.9 Å². The van der Waals surface area contributed by atoms with Gasteiger partial charge in [0.05, 0.1) is 5.71 Å². The van der Waals surface area contributed by atoms with Gasteiger partial charge in [0, 0.05) is 5.92 Å². The highest BCUT2D eigenvalue weighted by Gasteiger charge is 2.19. The molecule has 0 aromatic carbocycles. The number of oxime groups is 1. The van der Waals surface area contributed by atoms with E-state index < -0.39 is 0 Å². The van der Waals surface area contributed by atoms with Crippen LogP contribution >= 0.6 is 0 Å². The van der Waals surface area contributed by atoms with E-state index in [1.807, 2.05) is 0 Å². The molecule has 0 saturated heterocycles. The van der Waals surface area contributed by atoms with Crippen molar-refractivity contribution >= 4 is 5.71 Å². The minimum absolute atomic E-state index is 0.582. The number of nitrogens with zero attached hydrogens (tertiary/aromatic N) is 1. The van der Waals surface area contributed by atoms with Crippen molar-refractivity contribution < 1.29 is 5.21 Å². The van der Waals surface area contributed by atoms with E-state index in [4.69, 9.17) is 5.21 Å². The van der Waals surface area contributed by atoms with Gasteiger partial charge in [-0.3, -0.25) is 0 Å². The summed E-state index contributed by atoms with van der Waals surface area (Å²) in [5.74, 6) is 0.582. The van der Waals surface area contributed by atoms with Crippen molar-refractivity contribution in [3.05, 3.63) is 0 Å². The number of rotatable bonds is 2. The first-order valence-corrected chi connectivity index (χ1v) is 4.59. The van der Waals surface area contributed by atoms with Gasteiger partial charge in [0.1, 0.15) is 0 Å². The van der Waals surface area contributed by atoms with Gasteiger partial charge >= 0.3 is 0 Å². The Morgan fingerprint density at radius 3 is 3.00 bits per heavy atom. The summed E-state index contributed by atoms with van der Waals surface area (Å²) < 4.78 is 0. The SMILES string of the molecule is CCC[C@H]1CCCC/C1=N/O. The molecule has 1 aliphatic carbocycles. The Morgan fingerprint density at radius 1 is 1.55 bits per heavy atom. The lowest BCUT2D eigenvalue weighted by Crippen LogP contribution is -2.18. The number of hydrogen-bond donors (Lipinski definition) is 1. The Labute approximate surface area is 68.3 Å². The van der Waals surface area contributed by atoms with E-state index in [1.54, 1.807) is 0 Å². The summed E-state index contributed by atoms with van der Waals surface area (Å²) in [5, 5.41) is 12.0. The predicted molar refractivity (Wildman–Crippen MR) is 46.1 cm³/mol. The fourth-order valence-corrected chi connectivity index (χ4v) is 1.86. The Kier molecular flexibility index (Phi) is 3.40. The molecule has 0 unspecified atom stereocenters. The fraction of sp³-hybridized carbons (Fsp3) is 0.889. The maximum absolute atomic E-state index is 8.68. The molecule has 1 aliphatic rings. The van der Waals surface area contributed by atoms with Crippen molar-refractivity contribution in [1.82, 2.24) is 0 Å². The van der Waals surface area contributed by atoms with Crippen LogP contribution in [0.1, 0.15) is 45.4 Å². The van der Waals surface area contributed by atoms with Crippen LogP contribution in [-0.2, 0) is 0 Å². The molecular formula is C9H17NO. The van der Waals surface area contributed by atoms with E-state index in [0.717, 1.165) is 12.1 Å². The molecule has 0 aromatic rings. The Bertz CT molecular complexity index is 140. The van der Waals surface area contributed by atoms with Gasteiger partial charge < -0.3 is 5.21 Å². The third-order valence-corrected chi connectivity index (χ3v) is 2.47. The van der Waals surface area contributed by atoms with Crippen molar-refractivity contribution in [3.63, 3.8) is 0 Å². The molecule has 1 atom stereocenters. The summed E-state index contributed by atoms with van der Waals surface area (Å²) in [5.41, 5.74) is 1.04. The molecule has 64 valence electrons. The van der Waals surface area contributed by atoms with E-state index in [2.05, 4.69) is 12.1 Å². The van der Waals surface area contributed by atoms with Crippen LogP contribution in [0, 0.1) is 5.92 Å². The predicted octanol–water partition coefficient (Wildman–Crippen LogP) is 2.81. The van der Waals surface area contributed by atoms with Crippen LogP contribution in [0.2, 0.25) is 0 Å². The molecular weight excluding hydrogens is 138 g/mol. The second-order valence-electron chi connectivity index (χ2n) is 3.32. The molecule has 0 heterocycles. The summed E-state index contributed by atoms with van der Waals surface area (Å²) in [6.45, 7) is 2.18. The van der Waals surface area contributed by atoms with Crippen molar-refractivity contribution in [2.75, 3.05) is 0 Å². The van der Waals surface area contributed by atoms with Gasteiger partial charge in [-0.2, -0.15) is 0 Å². The van der Waals surface area contributed by atoms with Gasteiger partial charge in [-0.25, -0.2) is 0 Å². The van der Waals surface area contributed by atoms with Crippen LogP contribution in [0.3, 0.4) is 0 Å². The molecule has 1 saturated carbocycles. The standard InChI is InChI=1S/C9H17NO/c1-2-5-8-6-3-4-7-9(8)10-11/h8,11H,2-7H2,1H3/b10-9-/t8-/m0/s1. The summed E-state index contributed by atoms with van der Waals surface area (Å²) in [7, 11) is 0. The highest BCUT2D eigenvalue weighted by atomic mass is 16.4. The van der Waals surface area contributed by atoms with Crippen molar-refractivity contribution in [2.24, 2.45) is 11.1 Å². The maximum atomic E-state index is 8.68. The quantitative estimate of drug-likeness (QED) is 0.482. The number of hydrogen-bond acceptors (Lipinski definition) is 2. The van der Waals surface area contributed by atoms with E-state index in [-0.39, 0.29) is 0 Å². The molecule has 11 heavy (non-hydrogen) atoms. The summed E-state index contributed by atoms with van der Waals surface area (Å²) in [4.78, 5) is 0. The maximum Gasteiger partial charge on any atom is 0.0601 e. The van der Waals surface area contributed by atoms with E-state index in [1.165, 1.54) is 32.1 Å². The summed E-state index contributed by atoms with van der Waals surface area (Å²) in [6.07, 6.45) is 7.15. The molecule has 2 nitrogen and oxygen atoms in total. The summed E-state index contributed by atoms with van der Waals surface area (Å²) in [6, 6.07) is 0. The zero-order chi connectivity index (χ0) is 8.10. The largest absolute Gasteiger partial charge is 0.411 e. The van der Waals surface area contributed by atoms with Crippen LogP contribution in [0.25, 0.3) is 0 Å². The first-order chi connectivity index (χ1) is 5.38. The zero-order valence-corrected chi connectivity index (χ0v) is 7.21. The van der Waals surface area contributed by atoms with Gasteiger partial charge in [0.25, 0.3) is 0 Å². The van der Waals surface area contributed by atoms with Gasteiger partial charge in [0.2, 0.25) is 0 Å². The molecule has 0 spiro atoms. The topological polar surface area (TPSA) is 32.6 Å². The Morgan fingerprint density at radius 2 is 2.36 bits per heavy atom. The third-order valence-electron chi connectivity index (χ3n) is 2.47. The van der Waals surface area contributed by atoms with Gasteiger partial charge in [-0.05, 0) is 25.7 Å². The minimum atomic E-state index is 0.582. The monoisotopic (exact) mass is 155 g/mol. The second-order valence-corrected chi connectivity index (χ2v) is 3.32. The highest BCUT2D eigenvalue weighted by molar-refractivity contribution is 5.86. The van der Waals surface area contributed by atoms with E-state index in [9.17, 15) is 0 Å². The fourth-order valence-electron chi connectivity index (χ4n) is 1.86. The lowest BCUT2D eigenvalue weighted by molar-refractivity contribution is 0.307. The molecule has 1 rings (SSSR count). The third kappa shape index (κ3) is 2.21. The molecule has 2 heteroatoms. The van der Waals surface area contributed by atoms with Crippen LogP contribution in [0.15, 0.2) is 5.16 Å². The molecule has 1 N–H and O–H groups in total. The second kappa shape index (κ2) is 4.37. The van der Waals surface area contributed by atoms with Gasteiger partial charge in [-0.1, -0.05) is 24.9 Å². The molecule has 0 aromatic heterocycles. The first-order valence-electron chi connectivity index (χ1n) is 4.59. The highest BCUT2D eigenvalue weighted by Crippen LogP contribution is 2.25. The summed E-state index contributed by atoms with van der Waals surface area (Å²) >= 11 is 0. The first kappa shape index (κ1) is 8.57. The molecule has 0 amide bonds. The zero-order valence-electron chi connectivity index (χ0n) is 7.21.